The van der Waals surface area contributed by atoms with Gasteiger partial charge in [-0.2, -0.15) is 0 Å². The third-order valence-corrected chi connectivity index (χ3v) is 7.38. The summed E-state index contributed by atoms with van der Waals surface area (Å²) in [5.41, 5.74) is 1.82. The number of likely N-dealkylation sites (tertiary alicyclic amines) is 1. The van der Waals surface area contributed by atoms with Gasteiger partial charge in [-0.25, -0.2) is 9.97 Å². The van der Waals surface area contributed by atoms with Crippen LogP contribution in [0.5, 0.6) is 0 Å². The summed E-state index contributed by atoms with van der Waals surface area (Å²) in [4.78, 5) is 26.2. The van der Waals surface area contributed by atoms with Gasteiger partial charge in [0, 0.05) is 43.6 Å². The van der Waals surface area contributed by atoms with Crippen LogP contribution in [0.1, 0.15) is 48.5 Å². The van der Waals surface area contributed by atoms with E-state index in [1.54, 1.807) is 11.8 Å². The number of benzene rings is 1. The van der Waals surface area contributed by atoms with Crippen molar-refractivity contribution in [3.05, 3.63) is 46.6 Å². The second-order valence-corrected chi connectivity index (χ2v) is 10.1. The van der Waals surface area contributed by atoms with E-state index in [0.29, 0.717) is 22.4 Å². The molecule has 3 heterocycles. The zero-order valence-electron chi connectivity index (χ0n) is 18.7. The Morgan fingerprint density at radius 3 is 2.56 bits per heavy atom. The normalized spacial score (nSPS) is 17.6. The van der Waals surface area contributed by atoms with Crippen LogP contribution >= 0.6 is 23.4 Å². The molecule has 1 aromatic carbocycles. The van der Waals surface area contributed by atoms with Crippen LogP contribution in [0.2, 0.25) is 5.15 Å². The molecule has 6 nitrogen and oxygen atoms in total. The van der Waals surface area contributed by atoms with Crippen LogP contribution in [-0.2, 0) is 5.75 Å². The molecule has 2 aliphatic heterocycles. The summed E-state index contributed by atoms with van der Waals surface area (Å²) in [5.74, 6) is 2.41. The maximum Gasteiger partial charge on any atom is 0.251 e. The first kappa shape index (κ1) is 23.3. The molecule has 8 heteroatoms. The summed E-state index contributed by atoms with van der Waals surface area (Å²) < 4.78 is 0. The van der Waals surface area contributed by atoms with Gasteiger partial charge in [-0.05, 0) is 62.4 Å². The second kappa shape index (κ2) is 11.3. The minimum atomic E-state index is -0.0120. The summed E-state index contributed by atoms with van der Waals surface area (Å²) in [6, 6.07) is 9.64. The Balaban J connectivity index is 1.27. The van der Waals surface area contributed by atoms with Gasteiger partial charge in [-0.3, -0.25) is 4.79 Å². The average Bonchev–Trinajstić information content (AvgIpc) is 3.32. The minimum Gasteiger partial charge on any atom is -0.356 e. The number of rotatable bonds is 8. The summed E-state index contributed by atoms with van der Waals surface area (Å²) >= 11 is 7.85. The number of aromatic nitrogens is 2. The number of piperidine rings is 1. The number of hydrogen-bond acceptors (Lipinski definition) is 6. The Hall–Kier alpha value is -1.83. The predicted molar refractivity (Wildman–Crippen MR) is 132 cm³/mol. The molecule has 2 aromatic rings. The Labute approximate surface area is 200 Å². The standard InChI is InChI=1S/C24H32ClN5OS/c1-18-8-13-30(14-9-18)22-16-21(25)27-24(28-22)32-17-19-4-6-20(7-5-19)23(31)26-10-15-29-11-2-3-12-29/h4-7,16,18H,2-3,8-15,17H2,1H3,(H,26,31). The van der Waals surface area contributed by atoms with Gasteiger partial charge in [-0.15, -0.1) is 0 Å². The topological polar surface area (TPSA) is 61.4 Å². The molecule has 172 valence electrons. The zero-order chi connectivity index (χ0) is 22.3. The third kappa shape index (κ3) is 6.59. The van der Waals surface area contributed by atoms with Gasteiger partial charge in [0.15, 0.2) is 5.16 Å². The molecule has 1 amide bonds. The first-order valence-corrected chi connectivity index (χ1v) is 12.9. The third-order valence-electron chi connectivity index (χ3n) is 6.26. The minimum absolute atomic E-state index is 0.0120. The van der Waals surface area contributed by atoms with Crippen LogP contribution in [0, 0.1) is 5.92 Å². The Morgan fingerprint density at radius 2 is 1.84 bits per heavy atom. The van der Waals surface area contributed by atoms with E-state index in [2.05, 4.69) is 27.0 Å². The van der Waals surface area contributed by atoms with Crippen LogP contribution in [0.15, 0.2) is 35.5 Å². The largest absolute Gasteiger partial charge is 0.356 e. The molecule has 2 aliphatic rings. The fraction of sp³-hybridized carbons (Fsp3) is 0.542. The van der Waals surface area contributed by atoms with E-state index >= 15 is 0 Å². The molecular formula is C24H32ClN5OS. The lowest BCUT2D eigenvalue weighted by Gasteiger charge is -2.31. The average molecular weight is 474 g/mol. The second-order valence-electron chi connectivity index (χ2n) is 8.79. The molecule has 1 aromatic heterocycles. The van der Waals surface area contributed by atoms with Gasteiger partial charge in [0.05, 0.1) is 0 Å². The van der Waals surface area contributed by atoms with Gasteiger partial charge in [-0.1, -0.05) is 42.4 Å². The summed E-state index contributed by atoms with van der Waals surface area (Å²) in [6.07, 6.45) is 4.91. The molecule has 0 spiro atoms. The Kier molecular flexibility index (Phi) is 8.27. The maximum absolute atomic E-state index is 12.4. The van der Waals surface area contributed by atoms with Crippen molar-refractivity contribution in [2.45, 2.75) is 43.5 Å². The van der Waals surface area contributed by atoms with Crippen molar-refractivity contribution >= 4 is 35.1 Å². The van der Waals surface area contributed by atoms with E-state index in [1.807, 2.05) is 30.3 Å². The van der Waals surface area contributed by atoms with Crippen molar-refractivity contribution < 1.29 is 4.79 Å². The zero-order valence-corrected chi connectivity index (χ0v) is 20.3. The van der Waals surface area contributed by atoms with Gasteiger partial charge >= 0.3 is 0 Å². The Morgan fingerprint density at radius 1 is 1.12 bits per heavy atom. The molecule has 0 atom stereocenters. The number of nitrogens with zero attached hydrogens (tertiary/aromatic N) is 4. The van der Waals surface area contributed by atoms with Crippen LogP contribution in [0.25, 0.3) is 0 Å². The lowest BCUT2D eigenvalue weighted by Crippen LogP contribution is -2.33. The molecule has 2 saturated heterocycles. The summed E-state index contributed by atoms with van der Waals surface area (Å²) in [5, 5.41) is 4.20. The van der Waals surface area contributed by atoms with Crippen molar-refractivity contribution in [3.63, 3.8) is 0 Å². The van der Waals surface area contributed by atoms with E-state index in [4.69, 9.17) is 16.6 Å². The molecule has 2 fully saturated rings. The smallest absolute Gasteiger partial charge is 0.251 e. The van der Waals surface area contributed by atoms with E-state index in [-0.39, 0.29) is 5.91 Å². The highest BCUT2D eigenvalue weighted by atomic mass is 35.5. The predicted octanol–water partition coefficient (Wildman–Crippen LogP) is 4.48. The number of carbonyl (C=O) groups excluding carboxylic acids is 1. The first-order chi connectivity index (χ1) is 15.6. The van der Waals surface area contributed by atoms with Crippen molar-refractivity contribution in [3.8, 4) is 0 Å². The highest BCUT2D eigenvalue weighted by molar-refractivity contribution is 7.98. The van der Waals surface area contributed by atoms with Crippen molar-refractivity contribution in [2.75, 3.05) is 44.2 Å². The molecule has 32 heavy (non-hydrogen) atoms. The number of amides is 1. The highest BCUT2D eigenvalue weighted by Crippen LogP contribution is 2.27. The SMILES string of the molecule is CC1CCN(c2cc(Cl)nc(SCc3ccc(C(=O)NCCN4CCCC4)cc3)n2)CC1. The van der Waals surface area contributed by atoms with Gasteiger partial charge in [0.2, 0.25) is 0 Å². The van der Waals surface area contributed by atoms with E-state index in [0.717, 1.165) is 55.8 Å². The Bertz CT molecular complexity index is 896. The molecule has 1 N–H and O–H groups in total. The number of thioether (sulfide) groups is 1. The van der Waals surface area contributed by atoms with E-state index in [1.165, 1.54) is 25.7 Å². The van der Waals surface area contributed by atoms with Gasteiger partial charge in [0.1, 0.15) is 11.0 Å². The lowest BCUT2D eigenvalue weighted by molar-refractivity contribution is 0.0949. The molecular weight excluding hydrogens is 442 g/mol. The van der Waals surface area contributed by atoms with Crippen LogP contribution < -0.4 is 10.2 Å². The highest BCUT2D eigenvalue weighted by Gasteiger charge is 2.18. The number of anilines is 1. The van der Waals surface area contributed by atoms with Gasteiger partial charge in [0.25, 0.3) is 5.91 Å². The van der Waals surface area contributed by atoms with E-state index < -0.39 is 0 Å². The molecule has 0 radical (unpaired) electrons. The van der Waals surface area contributed by atoms with Crippen molar-refractivity contribution in [1.29, 1.82) is 0 Å². The molecule has 0 unspecified atom stereocenters. The summed E-state index contributed by atoms with van der Waals surface area (Å²) in [6.45, 7) is 8.25. The van der Waals surface area contributed by atoms with Crippen LogP contribution in [-0.4, -0.2) is 60.0 Å². The van der Waals surface area contributed by atoms with Crippen LogP contribution in [0.4, 0.5) is 5.82 Å². The van der Waals surface area contributed by atoms with Crippen molar-refractivity contribution in [1.82, 2.24) is 20.2 Å². The lowest BCUT2D eigenvalue weighted by atomic mass is 9.99. The molecule has 0 aliphatic carbocycles. The quantitative estimate of drug-likeness (QED) is 0.346. The van der Waals surface area contributed by atoms with Crippen LogP contribution in [0.3, 0.4) is 0 Å². The fourth-order valence-corrected chi connectivity index (χ4v) is 5.22. The molecule has 0 bridgehead atoms. The fourth-order valence-electron chi connectivity index (χ4n) is 4.19. The van der Waals surface area contributed by atoms with Crippen molar-refractivity contribution in [2.24, 2.45) is 5.92 Å². The summed E-state index contributed by atoms with van der Waals surface area (Å²) in [7, 11) is 0. The number of carbonyl (C=O) groups is 1. The molecule has 4 rings (SSSR count). The number of hydrogen-bond donors (Lipinski definition) is 1. The number of halogens is 1. The first-order valence-electron chi connectivity index (χ1n) is 11.6. The van der Waals surface area contributed by atoms with E-state index in [9.17, 15) is 4.79 Å². The number of nitrogens with one attached hydrogen (secondary N) is 1. The maximum atomic E-state index is 12.4. The monoisotopic (exact) mass is 473 g/mol. The molecule has 0 saturated carbocycles. The van der Waals surface area contributed by atoms with Gasteiger partial charge < -0.3 is 15.1 Å².